The predicted molar refractivity (Wildman–Crippen MR) is 540 cm³/mol. The molecule has 4 amide bonds. The summed E-state index contributed by atoms with van der Waals surface area (Å²) in [6, 6.07) is 105. The normalized spacial score (nSPS) is 17.6. The van der Waals surface area contributed by atoms with Gasteiger partial charge in [0.05, 0.1) is 0 Å². The molecule has 0 atom stereocenters. The zero-order valence-electron chi connectivity index (χ0n) is 69.1. The fraction of sp³-hybridized carbons (Fsp3) is 0.214. The van der Waals surface area contributed by atoms with Gasteiger partial charge in [0, 0.05) is 25.5 Å². The minimum absolute atomic E-state index is 0.0763. The molecule has 13 nitrogen and oxygen atoms in total. The number of benzene rings is 8. The van der Waals surface area contributed by atoms with Gasteiger partial charge in [-0.2, -0.15) is 0 Å². The second-order valence-corrected chi connectivity index (χ2v) is 67.6. The molecule has 0 bridgehead atoms. The number of aldehydes is 1. The fourth-order valence-electron chi connectivity index (χ4n) is 20.2. The van der Waals surface area contributed by atoms with Gasteiger partial charge >= 0.3 is 631 Å². The van der Waals surface area contributed by atoms with E-state index in [1.807, 2.05) is 6.07 Å². The van der Waals surface area contributed by atoms with Crippen LogP contribution in [-0.4, -0.2) is 222 Å². The maximum Gasteiger partial charge on any atom is 0.123 e. The average Bonchev–Trinajstić information content (AvgIpc) is 1.68. The van der Waals surface area contributed by atoms with Crippen molar-refractivity contribution in [2.75, 3.05) is 48.2 Å². The number of thiocarbonyl (C=S) groups is 2. The van der Waals surface area contributed by atoms with E-state index in [2.05, 4.69) is 308 Å². The van der Waals surface area contributed by atoms with Crippen LogP contribution < -0.4 is 61.5 Å². The zero-order chi connectivity index (χ0) is 85.0. The summed E-state index contributed by atoms with van der Waals surface area (Å²) in [5.74, 6) is -1.14. The number of carbonyl (C=O) groups excluding carboxylic acids is 5. The molecule has 23 rings (SSSR count). The molecule has 1 N–H and O–H groups in total. The van der Waals surface area contributed by atoms with E-state index in [9.17, 15) is 24.0 Å². The number of rotatable bonds is 5. The first kappa shape index (κ1) is 88.4. The minimum Gasteiger partial charge on any atom is -0.356 e. The molecular weight excluding hydrogens is 2310 g/mol. The van der Waals surface area contributed by atoms with Crippen LogP contribution >= 0.6 is 47.0 Å². The second-order valence-electron chi connectivity index (χ2n) is 32.5. The third-order valence-electron chi connectivity index (χ3n) is 25.9. The Balaban J connectivity index is 0.000000109. The molecule has 8 aromatic carbocycles. The minimum atomic E-state index is -1.74. The molecule has 10 aliphatic heterocycles. The second kappa shape index (κ2) is 39.1. The van der Waals surface area contributed by atoms with Gasteiger partial charge in [0.2, 0.25) is 11.8 Å². The van der Waals surface area contributed by atoms with Crippen LogP contribution in [0.2, 0.25) is 48.4 Å². The number of para-hydroxylation sites is 8. The predicted octanol–water partition coefficient (Wildman–Crippen LogP) is 15.8. The maximum atomic E-state index is 12.8. The van der Waals surface area contributed by atoms with Crippen molar-refractivity contribution in [2.45, 2.75) is 106 Å². The molecule has 0 unspecified atom stereocenters. The molecule has 622 valence electrons. The van der Waals surface area contributed by atoms with Crippen molar-refractivity contribution in [1.82, 2.24) is 19.6 Å². The van der Waals surface area contributed by atoms with E-state index in [1.54, 1.807) is 77.3 Å². The molecule has 10 aliphatic rings. The van der Waals surface area contributed by atoms with E-state index in [4.69, 9.17) is 24.4 Å². The summed E-state index contributed by atoms with van der Waals surface area (Å²) >= 11 is 11.3. The molecular formula is C98H95IN8O5S2Si4Te5. The number of hydrogen-bond donors (Lipinski definition) is 1. The number of fused-ring (bicyclic) bond motifs is 16. The Kier molecular flexibility index (Phi) is 28.1. The van der Waals surface area contributed by atoms with Crippen molar-refractivity contribution >= 4 is 326 Å². The molecule has 15 heterocycles. The maximum absolute atomic E-state index is 12.8. The van der Waals surface area contributed by atoms with E-state index in [0.717, 1.165) is 13.4 Å². The van der Waals surface area contributed by atoms with Gasteiger partial charge < -0.3 is 5.32 Å². The van der Waals surface area contributed by atoms with E-state index in [-0.39, 0.29) is 107 Å². The van der Waals surface area contributed by atoms with Crippen LogP contribution in [0.25, 0.3) is 6.08 Å². The van der Waals surface area contributed by atoms with Gasteiger partial charge in [-0.15, -0.1) is 0 Å². The van der Waals surface area contributed by atoms with Crippen molar-refractivity contribution in [3.8, 4) is 0 Å². The third-order valence-corrected chi connectivity index (χ3v) is 62.2. The molecule has 6 fully saturated rings. The van der Waals surface area contributed by atoms with Crippen LogP contribution in [0.15, 0.2) is 277 Å². The molecule has 5 aromatic heterocycles. The number of halogens is 1. The Morgan fingerprint density at radius 2 is 0.659 bits per heavy atom. The van der Waals surface area contributed by atoms with E-state index >= 15 is 0 Å². The summed E-state index contributed by atoms with van der Waals surface area (Å²) in [4.78, 5) is 71.7. The fourth-order valence-corrected chi connectivity index (χ4v) is 53.8. The first-order valence-electron chi connectivity index (χ1n) is 42.2. The first-order valence-corrected chi connectivity index (χ1v) is 66.1. The van der Waals surface area contributed by atoms with Gasteiger partial charge in [-0.3, -0.25) is 19.4 Å². The Labute approximate surface area is 799 Å². The number of amides is 4. The number of hydrogen-bond acceptors (Lipinski definition) is 11. The van der Waals surface area contributed by atoms with E-state index in [1.165, 1.54) is 176 Å². The Morgan fingerprint density at radius 1 is 0.341 bits per heavy atom. The van der Waals surface area contributed by atoms with Gasteiger partial charge in [-0.1, -0.05) is 49.2 Å². The van der Waals surface area contributed by atoms with Crippen molar-refractivity contribution in [1.29, 1.82) is 0 Å². The summed E-state index contributed by atoms with van der Waals surface area (Å²) in [7, 11) is 0.0533. The topological polar surface area (TPSA) is 120 Å². The smallest absolute Gasteiger partial charge is 0.123 e. The van der Waals surface area contributed by atoms with Crippen molar-refractivity contribution in [2.24, 2.45) is 0 Å². The Hall–Kier alpha value is -6.62. The number of likely N-dealkylation sites (N-methyl/N-ethyl adjacent to an activating group) is 2. The number of nitrogens with zero attached hydrogens (tertiary/aromatic N) is 7. The van der Waals surface area contributed by atoms with Gasteiger partial charge in [0.15, 0.2) is 5.11 Å². The molecule has 0 radical (unpaired) electrons. The van der Waals surface area contributed by atoms with Crippen LogP contribution in [0.3, 0.4) is 0 Å². The van der Waals surface area contributed by atoms with Gasteiger partial charge in [0.25, 0.3) is 0 Å². The van der Waals surface area contributed by atoms with Crippen molar-refractivity contribution < 1.29 is 24.0 Å². The van der Waals surface area contributed by atoms with Crippen LogP contribution in [0, 0.1) is 1.59 Å². The van der Waals surface area contributed by atoms with E-state index < -0.39 is 73.2 Å². The molecule has 25 heteroatoms. The van der Waals surface area contributed by atoms with Crippen molar-refractivity contribution in [3.05, 3.63) is 285 Å². The molecule has 4 spiro atoms. The van der Waals surface area contributed by atoms with Crippen LogP contribution in [0.5, 0.6) is 0 Å². The van der Waals surface area contributed by atoms with Gasteiger partial charge in [-0.05, 0) is 46.8 Å². The third kappa shape index (κ3) is 17.3. The molecule has 0 aliphatic carbocycles. The molecule has 13 aromatic rings. The van der Waals surface area contributed by atoms with Crippen LogP contribution in [-0.2, 0) is 19.2 Å². The van der Waals surface area contributed by atoms with Crippen LogP contribution in [0.1, 0.15) is 69.7 Å². The number of carbonyl (C=O) groups is 5. The summed E-state index contributed by atoms with van der Waals surface area (Å²) in [5, 5.41) is 17.1. The quantitative estimate of drug-likeness (QED) is 0.0337. The molecule has 6 saturated heterocycles. The van der Waals surface area contributed by atoms with Gasteiger partial charge in [-0.25, -0.2) is 0 Å². The number of anilines is 11. The standard InChI is InChI=1S/C27H25N3O2SSiTe.C21H19NOSiTe.C20H19NSiTe.C16H17NSi.C6H8N2O2S.C4H3ITe.C4H4Te/c1-28-25(31)19(26(32)29(2)27(28)33)17-18-13-14-24(35-18)30-20-9-3-5-11-22(20)34(15-7-8-16-34)23-12-6-4-10-21(23)30;23-15-16-11-12-21(25-16)22-17-7-1-3-9-19(17)24(13-5-6-14-24)20-10-4-2-8-18(20)22;1-3-10-18-16(8-1)21(20-12-7-15-23-20)17-9-2-4-11-19(17)22(18)13-5-6-14-22;1-3-9-15-13(7-1)17-14-8-2-4-10-16(14)18(15)11-5-6-12-18;1-7-4(9)3-5(10)8(2)6(7)11;5-4-2-1-3-6-4;1-2-4-5-3-1/h3-6,9-14,17H,7-8,15-16H2,1-2H3;1-4,7-12,15H,5-6,13-14H2;1-4,7-12,15H,5-6,13-14H2;1-4,7-10,17H,5-6,11-12H2;3H2,1-2H3;1-3H;1-4H. The van der Waals surface area contributed by atoms with Gasteiger partial charge in [0.1, 0.15) is 14.5 Å². The monoisotopic (exact) mass is 2420 g/mol. The zero-order valence-corrected chi connectivity index (χ0v) is 88.6. The summed E-state index contributed by atoms with van der Waals surface area (Å²) < 4.78 is 17.0. The summed E-state index contributed by atoms with van der Waals surface area (Å²) in [6.07, 6.45) is 13.8. The first-order chi connectivity index (χ1) is 60.0. The Bertz CT molecular complexity index is 5860. The summed E-state index contributed by atoms with van der Waals surface area (Å²) in [6.45, 7) is 0. The Morgan fingerprint density at radius 3 is 0.976 bits per heavy atom. The molecule has 0 saturated carbocycles. The number of nitrogens with one attached hydrogen (secondary N) is 1. The largest absolute Gasteiger partial charge is 0.356 e. The SMILES string of the molecule is CN1C(=O)C(=Cc2ccc(N3c4ccccc4[Si]4(CCCC4)c4ccccc43)[te]2)C(=O)N(C)C1=S.CN1C(=O)CC(=O)N(C)C1=S.Ic1ccc[te]1.O=Cc1ccc(N2c3ccccc3[Si]3(CCCC3)c3ccccc32)[te]1.c1c[te]c(N2c3ccccc3[Si]3(CCCC3)c3ccccc32)c1.c1cc[te]c1.c1ccc2c(c1)Nc1ccccc1[Si]21CCCC1. The van der Waals surface area contributed by atoms with Crippen LogP contribution in [0.4, 0.5) is 56.6 Å². The average molecular weight is 2410 g/mol. The van der Waals surface area contributed by atoms with Crippen molar-refractivity contribution in [3.63, 3.8) is 0 Å². The molecule has 123 heavy (non-hydrogen) atoms. The van der Waals surface area contributed by atoms with E-state index in [0.29, 0.717) is 0 Å². The summed E-state index contributed by atoms with van der Waals surface area (Å²) in [5.41, 5.74) is 11.3.